The molecule has 31 heavy (non-hydrogen) atoms. The van der Waals surface area contributed by atoms with Crippen molar-refractivity contribution in [2.75, 3.05) is 31.5 Å². The molecule has 0 atom stereocenters. The molecular weight excluding hydrogens is 406 g/mol. The number of carbonyl (C=O) groups is 2. The summed E-state index contributed by atoms with van der Waals surface area (Å²) in [6, 6.07) is 15.1. The van der Waals surface area contributed by atoms with Crippen molar-refractivity contribution >= 4 is 35.3 Å². The Bertz CT molecular complexity index is 919. The minimum Gasteiger partial charge on any atom is -0.352 e. The largest absolute Gasteiger partial charge is 0.352 e. The molecule has 2 aromatic rings. The predicted molar refractivity (Wildman–Crippen MR) is 129 cm³/mol. The molecule has 0 radical (unpaired) electrons. The molecule has 0 fully saturated rings. The van der Waals surface area contributed by atoms with Gasteiger partial charge in [0, 0.05) is 17.0 Å². The van der Waals surface area contributed by atoms with E-state index in [0.29, 0.717) is 17.0 Å². The molecule has 0 spiro atoms. The van der Waals surface area contributed by atoms with Gasteiger partial charge in [0.2, 0.25) is 0 Å². The number of rotatable bonds is 10. The lowest BCUT2D eigenvalue weighted by molar-refractivity contribution is -0.112. The number of hydrogen-bond donors (Lipinski definition) is 2. The van der Waals surface area contributed by atoms with Crippen LogP contribution >= 0.6 is 11.8 Å². The van der Waals surface area contributed by atoms with Crippen molar-refractivity contribution in [2.45, 2.75) is 38.0 Å². The first-order valence-corrected chi connectivity index (χ1v) is 11.8. The van der Waals surface area contributed by atoms with E-state index in [1.54, 1.807) is 0 Å². The van der Waals surface area contributed by atoms with Crippen molar-refractivity contribution in [3.05, 3.63) is 64.6 Å². The zero-order valence-electron chi connectivity index (χ0n) is 18.3. The van der Waals surface area contributed by atoms with Crippen LogP contribution in [-0.4, -0.2) is 42.9 Å². The maximum absolute atomic E-state index is 12.4. The van der Waals surface area contributed by atoms with E-state index in [2.05, 4.69) is 29.4 Å². The topological polar surface area (TPSA) is 61.4 Å². The molecule has 0 aromatic heterocycles. The minimum absolute atomic E-state index is 0.0598. The SMILES string of the molecule is CCCN(CCC)CCCNC(=O)c1ccc(/C=C2/Sc3ccccc3NC2=O)cc1. The second kappa shape index (κ2) is 11.7. The molecule has 164 valence electrons. The summed E-state index contributed by atoms with van der Waals surface area (Å²) in [5, 5.41) is 5.92. The minimum atomic E-state index is -0.106. The lowest BCUT2D eigenvalue weighted by atomic mass is 10.1. The van der Waals surface area contributed by atoms with Crippen LogP contribution in [0, 0.1) is 0 Å². The Hall–Kier alpha value is -2.57. The predicted octanol–water partition coefficient (Wildman–Crippen LogP) is 5.01. The lowest BCUT2D eigenvalue weighted by Gasteiger charge is -2.20. The van der Waals surface area contributed by atoms with Crippen molar-refractivity contribution in [1.29, 1.82) is 0 Å². The van der Waals surface area contributed by atoms with Gasteiger partial charge in [-0.05, 0) is 74.8 Å². The van der Waals surface area contributed by atoms with E-state index in [-0.39, 0.29) is 11.8 Å². The monoisotopic (exact) mass is 437 g/mol. The van der Waals surface area contributed by atoms with Crippen LogP contribution in [0.3, 0.4) is 0 Å². The average molecular weight is 438 g/mol. The normalized spacial score (nSPS) is 14.4. The van der Waals surface area contributed by atoms with Crippen LogP contribution in [0.2, 0.25) is 0 Å². The van der Waals surface area contributed by atoms with E-state index in [1.807, 2.05) is 54.6 Å². The van der Waals surface area contributed by atoms with Crippen LogP contribution in [0.5, 0.6) is 0 Å². The first kappa shape index (κ1) is 23.1. The number of amides is 2. The van der Waals surface area contributed by atoms with E-state index in [9.17, 15) is 9.59 Å². The number of nitrogens with zero attached hydrogens (tertiary/aromatic N) is 1. The fourth-order valence-electron chi connectivity index (χ4n) is 3.56. The first-order valence-electron chi connectivity index (χ1n) is 11.0. The van der Waals surface area contributed by atoms with Gasteiger partial charge in [-0.25, -0.2) is 0 Å². The van der Waals surface area contributed by atoms with E-state index >= 15 is 0 Å². The first-order chi connectivity index (χ1) is 15.1. The number of thioether (sulfide) groups is 1. The molecule has 0 bridgehead atoms. The summed E-state index contributed by atoms with van der Waals surface area (Å²) in [6.45, 7) is 8.30. The fourth-order valence-corrected chi connectivity index (χ4v) is 4.51. The Morgan fingerprint density at radius 3 is 2.45 bits per heavy atom. The average Bonchev–Trinajstić information content (AvgIpc) is 2.78. The van der Waals surface area contributed by atoms with Gasteiger partial charge >= 0.3 is 0 Å². The summed E-state index contributed by atoms with van der Waals surface area (Å²) in [6.07, 6.45) is 5.11. The van der Waals surface area contributed by atoms with Gasteiger partial charge in [0.15, 0.2) is 0 Å². The molecule has 1 aliphatic heterocycles. The number of fused-ring (bicyclic) bond motifs is 1. The van der Waals surface area contributed by atoms with Crippen LogP contribution in [0.4, 0.5) is 5.69 Å². The van der Waals surface area contributed by atoms with Gasteiger partial charge in [0.25, 0.3) is 11.8 Å². The van der Waals surface area contributed by atoms with Crippen molar-refractivity contribution in [1.82, 2.24) is 10.2 Å². The number of para-hydroxylation sites is 1. The molecule has 0 saturated heterocycles. The molecule has 6 heteroatoms. The Balaban J connectivity index is 1.52. The van der Waals surface area contributed by atoms with E-state index in [4.69, 9.17) is 0 Å². The summed E-state index contributed by atoms with van der Waals surface area (Å²) in [5.74, 6) is -0.166. The second-order valence-electron chi connectivity index (χ2n) is 7.63. The van der Waals surface area contributed by atoms with E-state index in [0.717, 1.165) is 55.0 Å². The number of anilines is 1. The molecule has 5 nitrogen and oxygen atoms in total. The standard InChI is InChI=1S/C25H31N3O2S/c1-3-15-28(16-4-2)17-7-14-26-24(29)20-12-10-19(11-13-20)18-23-25(30)27-21-8-5-6-9-22(21)31-23/h5-6,8-13,18H,3-4,7,14-17H2,1-2H3,(H,26,29)(H,27,30)/b23-18+. The zero-order valence-corrected chi connectivity index (χ0v) is 19.1. The molecule has 3 rings (SSSR count). The molecule has 0 aliphatic carbocycles. The molecule has 0 saturated carbocycles. The van der Waals surface area contributed by atoms with Crippen LogP contribution < -0.4 is 10.6 Å². The lowest BCUT2D eigenvalue weighted by Crippen LogP contribution is -2.31. The molecule has 2 N–H and O–H groups in total. The Kier molecular flexibility index (Phi) is 8.74. The highest BCUT2D eigenvalue weighted by Crippen LogP contribution is 2.38. The molecule has 2 aromatic carbocycles. The molecule has 0 unspecified atom stereocenters. The zero-order chi connectivity index (χ0) is 22.1. The number of nitrogens with one attached hydrogen (secondary N) is 2. The molecule has 2 amide bonds. The highest BCUT2D eigenvalue weighted by molar-refractivity contribution is 8.04. The summed E-state index contributed by atoms with van der Waals surface area (Å²) < 4.78 is 0. The van der Waals surface area contributed by atoms with Gasteiger partial charge in [-0.2, -0.15) is 0 Å². The smallest absolute Gasteiger partial charge is 0.262 e. The fraction of sp³-hybridized carbons (Fsp3) is 0.360. The Morgan fingerprint density at radius 2 is 1.74 bits per heavy atom. The maximum Gasteiger partial charge on any atom is 0.262 e. The summed E-state index contributed by atoms with van der Waals surface area (Å²) in [7, 11) is 0. The Labute approximate surface area is 189 Å². The number of benzene rings is 2. The molecule has 1 aliphatic rings. The van der Waals surface area contributed by atoms with Gasteiger partial charge in [-0.1, -0.05) is 49.9 Å². The van der Waals surface area contributed by atoms with Gasteiger partial charge in [-0.3, -0.25) is 9.59 Å². The van der Waals surface area contributed by atoms with Crippen LogP contribution in [0.1, 0.15) is 49.0 Å². The quantitative estimate of drug-likeness (QED) is 0.405. The van der Waals surface area contributed by atoms with Gasteiger partial charge in [0.05, 0.1) is 10.6 Å². The summed E-state index contributed by atoms with van der Waals surface area (Å²) in [4.78, 5) is 28.9. The van der Waals surface area contributed by atoms with E-state index < -0.39 is 0 Å². The highest BCUT2D eigenvalue weighted by Gasteiger charge is 2.20. The van der Waals surface area contributed by atoms with Crippen LogP contribution in [0.25, 0.3) is 6.08 Å². The van der Waals surface area contributed by atoms with Crippen molar-refractivity contribution < 1.29 is 9.59 Å². The van der Waals surface area contributed by atoms with Gasteiger partial charge in [-0.15, -0.1) is 0 Å². The third-order valence-corrected chi connectivity index (χ3v) is 6.17. The van der Waals surface area contributed by atoms with Crippen molar-refractivity contribution in [2.24, 2.45) is 0 Å². The van der Waals surface area contributed by atoms with Crippen molar-refractivity contribution in [3.63, 3.8) is 0 Å². The van der Waals surface area contributed by atoms with E-state index in [1.165, 1.54) is 11.8 Å². The third-order valence-electron chi connectivity index (χ3n) is 5.07. The maximum atomic E-state index is 12.4. The second-order valence-corrected chi connectivity index (χ2v) is 8.72. The van der Waals surface area contributed by atoms with Crippen LogP contribution in [-0.2, 0) is 4.79 Å². The van der Waals surface area contributed by atoms with Gasteiger partial charge in [0.1, 0.15) is 0 Å². The summed E-state index contributed by atoms with van der Waals surface area (Å²) in [5.41, 5.74) is 2.37. The Morgan fingerprint density at radius 1 is 1.03 bits per heavy atom. The highest BCUT2D eigenvalue weighted by atomic mass is 32.2. The molecular formula is C25H31N3O2S. The molecule has 1 heterocycles. The number of hydrogen-bond acceptors (Lipinski definition) is 4. The van der Waals surface area contributed by atoms with Crippen LogP contribution in [0.15, 0.2) is 58.3 Å². The third kappa shape index (κ3) is 6.71. The van der Waals surface area contributed by atoms with Crippen molar-refractivity contribution in [3.8, 4) is 0 Å². The number of carbonyl (C=O) groups excluding carboxylic acids is 2. The summed E-state index contributed by atoms with van der Waals surface area (Å²) >= 11 is 1.46. The van der Waals surface area contributed by atoms with Gasteiger partial charge < -0.3 is 15.5 Å².